The summed E-state index contributed by atoms with van der Waals surface area (Å²) in [6.07, 6.45) is 5.62. The van der Waals surface area contributed by atoms with Gasteiger partial charge in [0.15, 0.2) is 5.72 Å². The van der Waals surface area contributed by atoms with Crippen LogP contribution in [0.4, 0.5) is 0 Å². The molecule has 7 nitrogen and oxygen atoms in total. The summed E-state index contributed by atoms with van der Waals surface area (Å²) in [5, 5.41) is 7.79. The lowest BCUT2D eigenvalue weighted by molar-refractivity contribution is -0.375. The van der Waals surface area contributed by atoms with E-state index in [1.807, 2.05) is 6.08 Å². The van der Waals surface area contributed by atoms with Gasteiger partial charge >= 0.3 is 12.1 Å². The number of rotatable bonds is 7. The Labute approximate surface area is 118 Å². The summed E-state index contributed by atoms with van der Waals surface area (Å²) >= 11 is 0. The van der Waals surface area contributed by atoms with Crippen molar-refractivity contribution in [2.75, 3.05) is 20.8 Å². The summed E-state index contributed by atoms with van der Waals surface area (Å²) < 4.78 is 20.5. The monoisotopic (exact) mass is 284 g/mol. The van der Waals surface area contributed by atoms with E-state index in [2.05, 4.69) is 15.0 Å². The molecular formula is C13H20N2O5. The van der Waals surface area contributed by atoms with Crippen molar-refractivity contribution in [1.29, 1.82) is 0 Å². The van der Waals surface area contributed by atoms with Crippen LogP contribution in [0.15, 0.2) is 34.5 Å². The number of allylic oxidation sites excluding steroid dienone is 2. The molecule has 112 valence electrons. The van der Waals surface area contributed by atoms with Gasteiger partial charge in [-0.05, 0) is 20.3 Å². The lowest BCUT2D eigenvalue weighted by Crippen LogP contribution is -2.38. The smallest absolute Gasteiger partial charge is 0.414 e. The first-order valence-electron chi connectivity index (χ1n) is 6.17. The zero-order valence-corrected chi connectivity index (χ0v) is 12.2. The molecule has 0 radical (unpaired) electrons. The molecule has 0 aromatic carbocycles. The van der Waals surface area contributed by atoms with E-state index in [-0.39, 0.29) is 0 Å². The van der Waals surface area contributed by atoms with Crippen LogP contribution >= 0.6 is 0 Å². The topological polar surface area (TPSA) is 78.7 Å². The van der Waals surface area contributed by atoms with E-state index in [1.54, 1.807) is 26.0 Å². The van der Waals surface area contributed by atoms with Crippen molar-refractivity contribution < 1.29 is 23.7 Å². The molecule has 0 aliphatic carbocycles. The maximum atomic E-state index is 10.8. The van der Waals surface area contributed by atoms with E-state index in [4.69, 9.17) is 14.2 Å². The minimum atomic E-state index is -1.46. The van der Waals surface area contributed by atoms with Crippen LogP contribution in [0, 0.1) is 0 Å². The molecule has 0 saturated heterocycles. The van der Waals surface area contributed by atoms with Crippen molar-refractivity contribution in [3.05, 3.63) is 24.3 Å². The minimum absolute atomic E-state index is 0.339. The van der Waals surface area contributed by atoms with Crippen molar-refractivity contribution in [3.63, 3.8) is 0 Å². The van der Waals surface area contributed by atoms with Gasteiger partial charge in [-0.2, -0.15) is 5.11 Å². The fourth-order valence-corrected chi connectivity index (χ4v) is 1.37. The summed E-state index contributed by atoms with van der Waals surface area (Å²) in [5.74, 6) is -0.397. The molecule has 0 spiro atoms. The number of ether oxygens (including phenoxy) is 4. The number of hydrogen-bond donors (Lipinski definition) is 0. The van der Waals surface area contributed by atoms with Gasteiger partial charge in [0.25, 0.3) is 0 Å². The molecular weight excluding hydrogens is 264 g/mol. The molecule has 0 amide bonds. The highest BCUT2D eigenvalue weighted by Crippen LogP contribution is 2.32. The van der Waals surface area contributed by atoms with Gasteiger partial charge in [-0.1, -0.05) is 23.3 Å². The van der Waals surface area contributed by atoms with E-state index < -0.39 is 17.8 Å². The number of methoxy groups -OCH3 is 2. The number of carbonyl (C=O) groups excluding carboxylic acids is 1. The third-order valence-electron chi connectivity index (χ3n) is 2.30. The average Bonchev–Trinajstić information content (AvgIpc) is 2.73. The average molecular weight is 284 g/mol. The standard InChI is InChI=1S/C13H20N2O5/c1-12(2)14-15-13(18-4,20-12)19-10-8-6-5-7-9-11(16)17-3/h5-7,9H,8,10H2,1-4H3/b6-5+,9-7+. The van der Waals surface area contributed by atoms with Crippen molar-refractivity contribution in [2.24, 2.45) is 10.2 Å². The molecule has 1 aliphatic rings. The number of hydrogen-bond acceptors (Lipinski definition) is 7. The van der Waals surface area contributed by atoms with Crippen LogP contribution in [0.2, 0.25) is 0 Å². The van der Waals surface area contributed by atoms with Crippen LogP contribution in [-0.2, 0) is 23.7 Å². The van der Waals surface area contributed by atoms with E-state index in [0.29, 0.717) is 13.0 Å². The summed E-state index contributed by atoms with van der Waals surface area (Å²) in [4.78, 5) is 10.8. The van der Waals surface area contributed by atoms with Crippen LogP contribution in [0.1, 0.15) is 20.3 Å². The first-order chi connectivity index (χ1) is 9.43. The van der Waals surface area contributed by atoms with Gasteiger partial charge in [0.1, 0.15) is 0 Å². The molecule has 0 aromatic heterocycles. The second-order valence-corrected chi connectivity index (χ2v) is 4.42. The number of esters is 1. The van der Waals surface area contributed by atoms with Crippen molar-refractivity contribution in [1.82, 2.24) is 0 Å². The molecule has 0 aromatic rings. The van der Waals surface area contributed by atoms with E-state index in [1.165, 1.54) is 20.3 Å². The maximum Gasteiger partial charge on any atom is 0.414 e. The Kier molecular flexibility index (Phi) is 6.00. The Bertz CT molecular complexity index is 417. The Morgan fingerprint density at radius 3 is 2.55 bits per heavy atom. The van der Waals surface area contributed by atoms with Crippen molar-refractivity contribution in [3.8, 4) is 0 Å². The van der Waals surface area contributed by atoms with Crippen LogP contribution in [-0.4, -0.2) is 38.6 Å². The molecule has 1 heterocycles. The zero-order valence-electron chi connectivity index (χ0n) is 12.2. The Hall–Kier alpha value is -1.57. The number of nitrogens with zero attached hydrogens (tertiary/aromatic N) is 2. The Balaban J connectivity index is 2.30. The van der Waals surface area contributed by atoms with Crippen LogP contribution in [0.5, 0.6) is 0 Å². The maximum absolute atomic E-state index is 10.8. The third kappa shape index (κ3) is 5.20. The number of carbonyl (C=O) groups is 1. The van der Waals surface area contributed by atoms with Gasteiger partial charge in [0, 0.05) is 13.2 Å². The molecule has 0 bridgehead atoms. The minimum Gasteiger partial charge on any atom is -0.466 e. The molecule has 1 atom stereocenters. The van der Waals surface area contributed by atoms with Gasteiger partial charge in [-0.15, -0.1) is 0 Å². The first kappa shape index (κ1) is 16.5. The predicted octanol–water partition coefficient (Wildman–Crippen LogP) is 2.15. The lowest BCUT2D eigenvalue weighted by atomic mass is 10.3. The molecule has 0 saturated carbocycles. The first-order valence-corrected chi connectivity index (χ1v) is 6.17. The van der Waals surface area contributed by atoms with Gasteiger partial charge in [0.2, 0.25) is 0 Å². The second-order valence-electron chi connectivity index (χ2n) is 4.42. The van der Waals surface area contributed by atoms with Gasteiger partial charge < -0.3 is 14.2 Å². The predicted molar refractivity (Wildman–Crippen MR) is 70.6 cm³/mol. The molecule has 1 unspecified atom stereocenters. The quantitative estimate of drug-likeness (QED) is 0.235. The summed E-state index contributed by atoms with van der Waals surface area (Å²) in [5.41, 5.74) is -0.755. The highest BCUT2D eigenvalue weighted by Gasteiger charge is 2.45. The molecule has 7 heteroatoms. The lowest BCUT2D eigenvalue weighted by Gasteiger charge is -2.24. The Morgan fingerprint density at radius 1 is 1.25 bits per heavy atom. The zero-order chi connectivity index (χ0) is 15.1. The fourth-order valence-electron chi connectivity index (χ4n) is 1.37. The van der Waals surface area contributed by atoms with Gasteiger partial charge in [0.05, 0.1) is 13.7 Å². The Morgan fingerprint density at radius 2 is 2.00 bits per heavy atom. The summed E-state index contributed by atoms with van der Waals surface area (Å²) in [7, 11) is 2.77. The molecule has 0 N–H and O–H groups in total. The van der Waals surface area contributed by atoms with Crippen molar-refractivity contribution >= 4 is 5.97 Å². The molecule has 0 fully saturated rings. The molecule has 1 rings (SSSR count). The molecule has 20 heavy (non-hydrogen) atoms. The highest BCUT2D eigenvalue weighted by molar-refractivity contribution is 5.82. The summed E-state index contributed by atoms with van der Waals surface area (Å²) in [6.45, 7) is 3.86. The van der Waals surface area contributed by atoms with E-state index in [0.717, 1.165) is 0 Å². The van der Waals surface area contributed by atoms with Crippen molar-refractivity contribution in [2.45, 2.75) is 32.1 Å². The largest absolute Gasteiger partial charge is 0.466 e. The molecule has 1 aliphatic heterocycles. The SMILES string of the molecule is COC(=O)/C=C/C=C/CCOC1(OC)N=NC(C)(C)O1. The number of azo groups is 1. The van der Waals surface area contributed by atoms with Crippen LogP contribution in [0.3, 0.4) is 0 Å². The van der Waals surface area contributed by atoms with Crippen LogP contribution < -0.4 is 0 Å². The second kappa shape index (κ2) is 7.28. The van der Waals surface area contributed by atoms with E-state index in [9.17, 15) is 4.79 Å². The van der Waals surface area contributed by atoms with Crippen LogP contribution in [0.25, 0.3) is 0 Å². The van der Waals surface area contributed by atoms with E-state index >= 15 is 0 Å². The van der Waals surface area contributed by atoms with Gasteiger partial charge in [-0.3, -0.25) is 4.74 Å². The third-order valence-corrected chi connectivity index (χ3v) is 2.30. The highest BCUT2D eigenvalue weighted by atomic mass is 16.9. The fraction of sp³-hybridized carbons (Fsp3) is 0.615. The summed E-state index contributed by atoms with van der Waals surface area (Å²) in [6, 6.07) is 0. The van der Waals surface area contributed by atoms with Gasteiger partial charge in [-0.25, -0.2) is 4.79 Å². The normalized spacial score (nSPS) is 24.8.